The smallest absolute Gasteiger partial charge is 0.338 e. The van der Waals surface area contributed by atoms with E-state index in [1.54, 1.807) is 43.3 Å². The minimum Gasteiger partial charge on any atom is -0.462 e. The number of nitrogens with two attached hydrogens (primary N) is 2. The molecule has 0 aliphatic heterocycles. The zero-order valence-electron chi connectivity index (χ0n) is 14.5. The van der Waals surface area contributed by atoms with Gasteiger partial charge in [-0.25, -0.2) is 9.79 Å². The summed E-state index contributed by atoms with van der Waals surface area (Å²) in [5.41, 5.74) is 12.7. The third kappa shape index (κ3) is 5.94. The number of rotatable bonds is 7. The molecule has 0 spiro atoms. The molecule has 2 aromatic rings. The van der Waals surface area contributed by atoms with E-state index in [2.05, 4.69) is 4.99 Å². The van der Waals surface area contributed by atoms with E-state index in [9.17, 15) is 9.59 Å². The predicted molar refractivity (Wildman–Crippen MR) is 98.3 cm³/mol. The van der Waals surface area contributed by atoms with Gasteiger partial charge in [0, 0.05) is 6.42 Å². The molecule has 0 atom stereocenters. The normalized spacial score (nSPS) is 10.0. The maximum absolute atomic E-state index is 12.0. The van der Waals surface area contributed by atoms with Gasteiger partial charge < -0.3 is 20.9 Å². The molecule has 2 rings (SSSR count). The number of guanidine groups is 1. The molecular weight excluding hydrogens is 334 g/mol. The number of aryl methyl sites for hydroxylation is 1. The predicted octanol–water partition coefficient (Wildman–Crippen LogP) is 2.31. The first-order valence-corrected chi connectivity index (χ1v) is 8.14. The Morgan fingerprint density at radius 3 is 2.46 bits per heavy atom. The topological polar surface area (TPSA) is 117 Å². The molecule has 0 amide bonds. The number of carbonyl (C=O) groups excluding carboxylic acids is 2. The van der Waals surface area contributed by atoms with Gasteiger partial charge in [0.2, 0.25) is 0 Å². The van der Waals surface area contributed by atoms with Crippen LogP contribution >= 0.6 is 0 Å². The monoisotopic (exact) mass is 355 g/mol. The Kier molecular flexibility index (Phi) is 6.73. The first-order chi connectivity index (χ1) is 12.5. The van der Waals surface area contributed by atoms with E-state index >= 15 is 0 Å². The highest BCUT2D eigenvalue weighted by atomic mass is 16.5. The van der Waals surface area contributed by atoms with Gasteiger partial charge in [0.25, 0.3) is 0 Å². The molecule has 0 bridgehead atoms. The number of benzene rings is 2. The fourth-order valence-corrected chi connectivity index (χ4v) is 2.23. The van der Waals surface area contributed by atoms with Gasteiger partial charge in [0.05, 0.1) is 17.9 Å². The molecule has 0 aliphatic rings. The lowest BCUT2D eigenvalue weighted by Crippen LogP contribution is -2.21. The molecule has 2 aromatic carbocycles. The molecule has 0 radical (unpaired) electrons. The van der Waals surface area contributed by atoms with Gasteiger partial charge in [0.1, 0.15) is 5.75 Å². The number of nitrogens with zero attached hydrogens (tertiary/aromatic N) is 1. The van der Waals surface area contributed by atoms with Crippen molar-refractivity contribution >= 4 is 23.6 Å². The molecule has 0 fully saturated rings. The van der Waals surface area contributed by atoms with Gasteiger partial charge >= 0.3 is 11.9 Å². The van der Waals surface area contributed by atoms with Crippen LogP contribution in [0.4, 0.5) is 5.69 Å². The van der Waals surface area contributed by atoms with Crippen LogP contribution in [0.5, 0.6) is 5.75 Å². The largest absolute Gasteiger partial charge is 0.462 e. The van der Waals surface area contributed by atoms with Crippen LogP contribution in [0.1, 0.15) is 29.3 Å². The molecule has 7 nitrogen and oxygen atoms in total. The lowest BCUT2D eigenvalue weighted by Gasteiger charge is -2.06. The van der Waals surface area contributed by atoms with Crippen LogP contribution in [0.25, 0.3) is 0 Å². The Hall–Kier alpha value is -3.35. The van der Waals surface area contributed by atoms with Gasteiger partial charge in [0.15, 0.2) is 5.96 Å². The van der Waals surface area contributed by atoms with Crippen molar-refractivity contribution in [2.45, 2.75) is 19.8 Å². The van der Waals surface area contributed by atoms with Gasteiger partial charge in [-0.1, -0.05) is 12.1 Å². The van der Waals surface area contributed by atoms with Crippen molar-refractivity contribution in [1.29, 1.82) is 0 Å². The molecule has 0 saturated heterocycles. The molecule has 7 heteroatoms. The van der Waals surface area contributed by atoms with Crippen LogP contribution in [0.3, 0.4) is 0 Å². The number of esters is 2. The fourth-order valence-electron chi connectivity index (χ4n) is 2.23. The standard InChI is InChI=1S/C19H21N3O4/c1-2-25-18(24)14-7-9-16(10-8-14)26-17(23)11-6-13-4-3-5-15(12-13)22-19(20)21/h3-5,7-10,12H,2,6,11H2,1H3,(H4,20,21,22). The molecule has 0 saturated carbocycles. The molecule has 26 heavy (non-hydrogen) atoms. The third-order valence-corrected chi connectivity index (χ3v) is 3.38. The first-order valence-electron chi connectivity index (χ1n) is 8.14. The van der Waals surface area contributed by atoms with Crippen molar-refractivity contribution in [3.8, 4) is 5.75 Å². The second-order valence-corrected chi connectivity index (χ2v) is 5.43. The van der Waals surface area contributed by atoms with Crippen LogP contribution in [0.2, 0.25) is 0 Å². The molecule has 0 aliphatic carbocycles. The second-order valence-electron chi connectivity index (χ2n) is 5.43. The van der Waals surface area contributed by atoms with Gasteiger partial charge in [-0.3, -0.25) is 4.79 Å². The van der Waals surface area contributed by atoms with Crippen molar-refractivity contribution in [1.82, 2.24) is 0 Å². The van der Waals surface area contributed by atoms with Crippen molar-refractivity contribution < 1.29 is 19.1 Å². The van der Waals surface area contributed by atoms with Crippen molar-refractivity contribution in [3.05, 3.63) is 59.7 Å². The summed E-state index contributed by atoms with van der Waals surface area (Å²) in [6.45, 7) is 2.04. The summed E-state index contributed by atoms with van der Waals surface area (Å²) in [6, 6.07) is 13.5. The van der Waals surface area contributed by atoms with Gasteiger partial charge in [-0.15, -0.1) is 0 Å². The summed E-state index contributed by atoms with van der Waals surface area (Å²) in [6.07, 6.45) is 0.693. The minimum atomic E-state index is -0.411. The van der Waals surface area contributed by atoms with E-state index in [0.717, 1.165) is 5.56 Å². The summed E-state index contributed by atoms with van der Waals surface area (Å²) < 4.78 is 10.2. The fraction of sp³-hybridized carbons (Fsp3) is 0.211. The maximum atomic E-state index is 12.0. The van der Waals surface area contributed by atoms with Crippen molar-refractivity contribution in [2.75, 3.05) is 6.61 Å². The zero-order chi connectivity index (χ0) is 18.9. The third-order valence-electron chi connectivity index (χ3n) is 3.38. The minimum absolute atomic E-state index is 0.0205. The lowest BCUT2D eigenvalue weighted by molar-refractivity contribution is -0.134. The van der Waals surface area contributed by atoms with Crippen molar-refractivity contribution in [3.63, 3.8) is 0 Å². The Bertz CT molecular complexity index is 797. The second kappa shape index (κ2) is 9.22. The van der Waals surface area contributed by atoms with E-state index in [4.69, 9.17) is 20.9 Å². The van der Waals surface area contributed by atoms with E-state index in [1.807, 2.05) is 12.1 Å². The van der Waals surface area contributed by atoms with E-state index in [0.29, 0.717) is 30.0 Å². The van der Waals surface area contributed by atoms with Crippen LogP contribution < -0.4 is 16.2 Å². The average molecular weight is 355 g/mol. The number of hydrogen-bond donors (Lipinski definition) is 2. The Balaban J connectivity index is 1.89. The highest BCUT2D eigenvalue weighted by Crippen LogP contribution is 2.17. The number of carbonyl (C=O) groups is 2. The SMILES string of the molecule is CCOC(=O)c1ccc(OC(=O)CCc2cccc(N=C(N)N)c2)cc1. The Morgan fingerprint density at radius 2 is 1.81 bits per heavy atom. The van der Waals surface area contributed by atoms with E-state index in [-0.39, 0.29) is 18.3 Å². The molecule has 4 N–H and O–H groups in total. The van der Waals surface area contributed by atoms with Gasteiger partial charge in [-0.05, 0) is 55.3 Å². The zero-order valence-corrected chi connectivity index (χ0v) is 14.5. The highest BCUT2D eigenvalue weighted by molar-refractivity contribution is 5.89. The molecular formula is C19H21N3O4. The molecule has 0 heterocycles. The molecule has 136 valence electrons. The van der Waals surface area contributed by atoms with Crippen LogP contribution in [-0.2, 0) is 16.0 Å². The number of ether oxygens (including phenoxy) is 2. The quantitative estimate of drug-likeness (QED) is 0.341. The summed E-state index contributed by atoms with van der Waals surface area (Å²) >= 11 is 0. The Morgan fingerprint density at radius 1 is 1.08 bits per heavy atom. The van der Waals surface area contributed by atoms with Gasteiger partial charge in [-0.2, -0.15) is 0 Å². The summed E-state index contributed by atoms with van der Waals surface area (Å²) in [7, 11) is 0. The van der Waals surface area contributed by atoms with Crippen LogP contribution in [0, 0.1) is 0 Å². The van der Waals surface area contributed by atoms with E-state index < -0.39 is 5.97 Å². The summed E-state index contributed by atoms with van der Waals surface area (Å²) in [5, 5.41) is 0. The Labute approximate surface area is 151 Å². The van der Waals surface area contributed by atoms with E-state index in [1.165, 1.54) is 0 Å². The first kappa shape index (κ1) is 19.0. The lowest BCUT2D eigenvalue weighted by atomic mass is 10.1. The maximum Gasteiger partial charge on any atom is 0.338 e. The number of hydrogen-bond acceptors (Lipinski definition) is 5. The molecule has 0 aromatic heterocycles. The number of aliphatic imine (C=N–C) groups is 1. The summed E-state index contributed by atoms with van der Waals surface area (Å²) in [4.78, 5) is 27.5. The highest BCUT2D eigenvalue weighted by Gasteiger charge is 2.09. The summed E-state index contributed by atoms with van der Waals surface area (Å²) in [5.74, 6) is -0.433. The van der Waals surface area contributed by atoms with Crippen LogP contribution in [-0.4, -0.2) is 24.5 Å². The molecule has 0 unspecified atom stereocenters. The average Bonchev–Trinajstić information content (AvgIpc) is 2.60. The van der Waals surface area contributed by atoms with Crippen LogP contribution in [0.15, 0.2) is 53.5 Å². The van der Waals surface area contributed by atoms with Crippen molar-refractivity contribution in [2.24, 2.45) is 16.5 Å².